The molecular weight excluding hydrogens is 192 g/mol. The van der Waals surface area contributed by atoms with E-state index in [1.165, 1.54) is 0 Å². The summed E-state index contributed by atoms with van der Waals surface area (Å²) in [4.78, 5) is 13.0. The summed E-state index contributed by atoms with van der Waals surface area (Å²) in [6.07, 6.45) is 3.80. The first-order valence-electron chi connectivity index (χ1n) is 5.70. The van der Waals surface area contributed by atoms with Gasteiger partial charge in [-0.05, 0) is 33.4 Å². The number of hydrogen-bond acceptors (Lipinski definition) is 3. The molecule has 2 N–H and O–H groups in total. The van der Waals surface area contributed by atoms with E-state index >= 15 is 0 Å². The van der Waals surface area contributed by atoms with Crippen molar-refractivity contribution in [2.75, 3.05) is 27.2 Å². The number of aliphatic carboxylic acids is 1. The van der Waals surface area contributed by atoms with Gasteiger partial charge in [-0.15, -0.1) is 0 Å². The Morgan fingerprint density at radius 1 is 1.47 bits per heavy atom. The second-order valence-corrected chi connectivity index (χ2v) is 4.66. The minimum atomic E-state index is -0.630. The second kappa shape index (κ2) is 6.08. The standard InChI is InChI=1S/C11H22N2O2/c1-13(2)7-6-12-10-5-3-4-9(8-10)11(14)15/h9-10,12H,3-8H2,1-2H3,(H,14,15). The molecule has 2 unspecified atom stereocenters. The monoisotopic (exact) mass is 214 g/mol. The molecule has 0 saturated heterocycles. The van der Waals surface area contributed by atoms with Crippen LogP contribution in [-0.2, 0) is 4.79 Å². The smallest absolute Gasteiger partial charge is 0.306 e. The van der Waals surface area contributed by atoms with Gasteiger partial charge < -0.3 is 15.3 Å². The van der Waals surface area contributed by atoms with Crippen molar-refractivity contribution >= 4 is 5.97 Å². The van der Waals surface area contributed by atoms with Crippen molar-refractivity contribution in [1.82, 2.24) is 10.2 Å². The molecule has 0 aromatic heterocycles. The quantitative estimate of drug-likeness (QED) is 0.710. The van der Waals surface area contributed by atoms with Crippen LogP contribution in [-0.4, -0.2) is 49.2 Å². The first-order chi connectivity index (χ1) is 7.09. The van der Waals surface area contributed by atoms with Gasteiger partial charge in [0.15, 0.2) is 0 Å². The normalized spacial score (nSPS) is 26.9. The van der Waals surface area contributed by atoms with Gasteiger partial charge in [-0.2, -0.15) is 0 Å². The number of carboxylic acid groups (broad SMARTS) is 1. The maximum Gasteiger partial charge on any atom is 0.306 e. The number of rotatable bonds is 5. The van der Waals surface area contributed by atoms with Gasteiger partial charge in [0.2, 0.25) is 0 Å². The van der Waals surface area contributed by atoms with Gasteiger partial charge >= 0.3 is 5.97 Å². The molecule has 1 aliphatic carbocycles. The van der Waals surface area contributed by atoms with E-state index in [-0.39, 0.29) is 5.92 Å². The van der Waals surface area contributed by atoms with Gasteiger partial charge in [0.1, 0.15) is 0 Å². The number of nitrogens with one attached hydrogen (secondary N) is 1. The van der Waals surface area contributed by atoms with Crippen molar-refractivity contribution in [2.24, 2.45) is 5.92 Å². The molecular formula is C11H22N2O2. The van der Waals surface area contributed by atoms with E-state index in [0.29, 0.717) is 6.04 Å². The van der Waals surface area contributed by atoms with Crippen molar-refractivity contribution in [1.29, 1.82) is 0 Å². The van der Waals surface area contributed by atoms with Gasteiger partial charge in [-0.25, -0.2) is 0 Å². The zero-order valence-corrected chi connectivity index (χ0v) is 9.70. The SMILES string of the molecule is CN(C)CCNC1CCCC(C(=O)O)C1. The molecule has 4 nitrogen and oxygen atoms in total. The minimum absolute atomic E-state index is 0.129. The third-order valence-electron chi connectivity index (χ3n) is 3.02. The summed E-state index contributed by atoms with van der Waals surface area (Å²) in [5.41, 5.74) is 0. The molecule has 1 aliphatic rings. The summed E-state index contributed by atoms with van der Waals surface area (Å²) in [7, 11) is 4.09. The average Bonchev–Trinajstić information content (AvgIpc) is 2.17. The Bertz CT molecular complexity index is 207. The van der Waals surface area contributed by atoms with Gasteiger partial charge in [0.05, 0.1) is 5.92 Å². The van der Waals surface area contributed by atoms with Crippen molar-refractivity contribution < 1.29 is 9.90 Å². The molecule has 0 spiro atoms. The van der Waals surface area contributed by atoms with E-state index in [0.717, 1.165) is 38.8 Å². The van der Waals surface area contributed by atoms with E-state index in [2.05, 4.69) is 10.2 Å². The Labute approximate surface area is 91.6 Å². The number of hydrogen-bond donors (Lipinski definition) is 2. The topological polar surface area (TPSA) is 52.6 Å². The summed E-state index contributed by atoms with van der Waals surface area (Å²) in [5, 5.41) is 12.4. The zero-order chi connectivity index (χ0) is 11.3. The molecule has 4 heteroatoms. The van der Waals surface area contributed by atoms with Crippen molar-refractivity contribution in [3.63, 3.8) is 0 Å². The Balaban J connectivity index is 2.21. The molecule has 0 aromatic rings. The summed E-state index contributed by atoms with van der Waals surface area (Å²) in [6.45, 7) is 1.96. The molecule has 0 radical (unpaired) electrons. The van der Waals surface area contributed by atoms with E-state index in [1.54, 1.807) is 0 Å². The summed E-state index contributed by atoms with van der Waals surface area (Å²) >= 11 is 0. The molecule has 0 bridgehead atoms. The summed E-state index contributed by atoms with van der Waals surface area (Å²) in [6, 6.07) is 0.403. The molecule has 1 rings (SSSR count). The Morgan fingerprint density at radius 2 is 2.20 bits per heavy atom. The molecule has 15 heavy (non-hydrogen) atoms. The lowest BCUT2D eigenvalue weighted by Crippen LogP contribution is -2.39. The van der Waals surface area contributed by atoms with Gasteiger partial charge in [0.25, 0.3) is 0 Å². The van der Waals surface area contributed by atoms with Crippen LogP contribution in [0.4, 0.5) is 0 Å². The van der Waals surface area contributed by atoms with Crippen molar-refractivity contribution in [2.45, 2.75) is 31.7 Å². The second-order valence-electron chi connectivity index (χ2n) is 4.66. The highest BCUT2D eigenvalue weighted by molar-refractivity contribution is 5.70. The first-order valence-corrected chi connectivity index (χ1v) is 5.70. The van der Waals surface area contributed by atoms with E-state index in [9.17, 15) is 4.79 Å². The average molecular weight is 214 g/mol. The van der Waals surface area contributed by atoms with Crippen LogP contribution in [0.1, 0.15) is 25.7 Å². The third-order valence-corrected chi connectivity index (χ3v) is 3.02. The minimum Gasteiger partial charge on any atom is -0.481 e. The van der Waals surface area contributed by atoms with Crippen molar-refractivity contribution in [3.8, 4) is 0 Å². The Hall–Kier alpha value is -0.610. The van der Waals surface area contributed by atoms with Crippen LogP contribution in [0.3, 0.4) is 0 Å². The fourth-order valence-electron chi connectivity index (χ4n) is 2.09. The number of likely N-dealkylation sites (N-methyl/N-ethyl adjacent to an activating group) is 1. The molecule has 0 amide bonds. The molecule has 1 saturated carbocycles. The molecule has 0 heterocycles. The third kappa shape index (κ3) is 4.62. The van der Waals surface area contributed by atoms with Crippen LogP contribution in [0.15, 0.2) is 0 Å². The largest absolute Gasteiger partial charge is 0.481 e. The highest BCUT2D eigenvalue weighted by Crippen LogP contribution is 2.24. The number of nitrogens with zero attached hydrogens (tertiary/aromatic N) is 1. The van der Waals surface area contributed by atoms with Crippen LogP contribution >= 0.6 is 0 Å². The number of carboxylic acids is 1. The highest BCUT2D eigenvalue weighted by Gasteiger charge is 2.26. The molecule has 0 aliphatic heterocycles. The predicted molar refractivity (Wildman–Crippen MR) is 59.9 cm³/mol. The zero-order valence-electron chi connectivity index (χ0n) is 9.70. The first kappa shape index (κ1) is 12.5. The van der Waals surface area contributed by atoms with Gasteiger partial charge in [-0.3, -0.25) is 4.79 Å². The summed E-state index contributed by atoms with van der Waals surface area (Å²) < 4.78 is 0. The van der Waals surface area contributed by atoms with Crippen LogP contribution in [0.5, 0.6) is 0 Å². The maximum atomic E-state index is 10.8. The fourth-order valence-corrected chi connectivity index (χ4v) is 2.09. The number of carbonyl (C=O) groups is 1. The van der Waals surface area contributed by atoms with Crippen LogP contribution in [0, 0.1) is 5.92 Å². The lowest BCUT2D eigenvalue weighted by molar-refractivity contribution is -0.143. The van der Waals surface area contributed by atoms with Gasteiger partial charge in [-0.1, -0.05) is 6.42 Å². The molecule has 88 valence electrons. The van der Waals surface area contributed by atoms with Crippen LogP contribution in [0.2, 0.25) is 0 Å². The van der Waals surface area contributed by atoms with Crippen molar-refractivity contribution in [3.05, 3.63) is 0 Å². The van der Waals surface area contributed by atoms with Crippen LogP contribution in [0.25, 0.3) is 0 Å². The Morgan fingerprint density at radius 3 is 2.80 bits per heavy atom. The van der Waals surface area contributed by atoms with E-state index in [4.69, 9.17) is 5.11 Å². The molecule has 2 atom stereocenters. The molecule has 0 aromatic carbocycles. The summed E-state index contributed by atoms with van der Waals surface area (Å²) in [5.74, 6) is -0.760. The predicted octanol–water partition coefficient (Wildman–Crippen LogP) is 0.781. The Kier molecular flexibility index (Phi) is 5.05. The maximum absolute atomic E-state index is 10.8. The van der Waals surface area contributed by atoms with Gasteiger partial charge in [0, 0.05) is 19.1 Å². The van der Waals surface area contributed by atoms with E-state index < -0.39 is 5.97 Å². The lowest BCUT2D eigenvalue weighted by Gasteiger charge is -2.27. The fraction of sp³-hybridized carbons (Fsp3) is 0.909. The van der Waals surface area contributed by atoms with Crippen LogP contribution < -0.4 is 5.32 Å². The van der Waals surface area contributed by atoms with E-state index in [1.807, 2.05) is 14.1 Å². The molecule has 1 fully saturated rings. The lowest BCUT2D eigenvalue weighted by atomic mass is 9.86. The highest BCUT2D eigenvalue weighted by atomic mass is 16.4.